The zero-order chi connectivity index (χ0) is 14.8. The van der Waals surface area contributed by atoms with Crippen molar-refractivity contribution < 1.29 is 17.9 Å². The summed E-state index contributed by atoms with van der Waals surface area (Å²) in [6.07, 6.45) is 0. The van der Waals surface area contributed by atoms with Crippen molar-refractivity contribution in [3.63, 3.8) is 0 Å². The average Bonchev–Trinajstić information content (AvgIpc) is 2.39. The fourth-order valence-corrected chi connectivity index (χ4v) is 2.28. The van der Waals surface area contributed by atoms with Gasteiger partial charge in [-0.05, 0) is 18.2 Å². The Bertz CT molecular complexity index is 749. The molecule has 2 rings (SSSR count). The molecule has 2 aromatic carbocycles. The molecule has 0 unspecified atom stereocenters. The van der Waals surface area contributed by atoms with E-state index in [-0.39, 0.29) is 35.2 Å². The van der Waals surface area contributed by atoms with Crippen molar-refractivity contribution in [2.24, 2.45) is 0 Å². The monoisotopic (exact) mass is 317 g/mol. The van der Waals surface area contributed by atoms with Crippen molar-refractivity contribution in [2.45, 2.75) is 4.90 Å². The van der Waals surface area contributed by atoms with Crippen LogP contribution in [0.2, 0.25) is 0 Å². The molecule has 2 aromatic rings. The van der Waals surface area contributed by atoms with Crippen LogP contribution < -0.4 is 5.32 Å². The van der Waals surface area contributed by atoms with E-state index in [2.05, 4.69) is 5.32 Å². The fourth-order valence-electron chi connectivity index (χ4n) is 1.62. The number of rotatable bonds is 4. The number of nitrogens with one attached hydrogen (secondary N) is 1. The Morgan fingerprint density at radius 1 is 1.10 bits per heavy atom. The van der Waals surface area contributed by atoms with Crippen molar-refractivity contribution >= 4 is 56.7 Å². The predicted octanol–water partition coefficient (Wildman–Crippen LogP) is 2.20. The molecule has 0 fully saturated rings. The Morgan fingerprint density at radius 3 is 2.24 bits per heavy atom. The van der Waals surface area contributed by atoms with Crippen LogP contribution in [0.5, 0.6) is 0 Å². The van der Waals surface area contributed by atoms with Gasteiger partial charge >= 0.3 is 0 Å². The minimum Gasteiger partial charge on any atom is -0.354 e. The summed E-state index contributed by atoms with van der Waals surface area (Å²) in [5, 5.41) is 13.4. The first-order valence-electron chi connectivity index (χ1n) is 5.46. The smallest absolute Gasteiger partial charge is 0.296 e. The van der Waals surface area contributed by atoms with Crippen molar-refractivity contribution in [1.82, 2.24) is 0 Å². The van der Waals surface area contributed by atoms with Gasteiger partial charge in [0.2, 0.25) is 0 Å². The minimum absolute atomic E-state index is 0. The number of hydrogen-bond donors (Lipinski definition) is 2. The second-order valence-corrected chi connectivity index (χ2v) is 5.29. The number of nitrogens with zero attached hydrogens (tertiary/aromatic N) is 1. The van der Waals surface area contributed by atoms with Crippen molar-refractivity contribution in [3.8, 4) is 0 Å². The summed E-state index contributed by atoms with van der Waals surface area (Å²) in [6.45, 7) is 0. The van der Waals surface area contributed by atoms with Crippen LogP contribution in [0.1, 0.15) is 0 Å². The quantitative estimate of drug-likeness (QED) is 0.387. The molecule has 0 aliphatic rings. The molecule has 0 amide bonds. The van der Waals surface area contributed by atoms with Crippen molar-refractivity contribution in [3.05, 3.63) is 58.6 Å². The van der Waals surface area contributed by atoms with Crippen LogP contribution in [0.4, 0.5) is 17.1 Å². The summed E-state index contributed by atoms with van der Waals surface area (Å²) < 4.78 is 31.8. The Hall–Kier alpha value is -1.45. The number of benzene rings is 2. The molecule has 0 aromatic heterocycles. The normalized spacial score (nSPS) is 10.5. The Labute approximate surface area is 143 Å². The van der Waals surface area contributed by atoms with Gasteiger partial charge < -0.3 is 5.32 Å². The number of anilines is 2. The number of nitro benzene ring substituents is 1. The van der Waals surface area contributed by atoms with Crippen LogP contribution in [0.15, 0.2) is 53.4 Å². The van der Waals surface area contributed by atoms with Crippen LogP contribution in [-0.2, 0) is 10.1 Å². The second kappa shape index (κ2) is 7.01. The van der Waals surface area contributed by atoms with E-state index in [1.54, 1.807) is 30.3 Å². The van der Waals surface area contributed by atoms with E-state index in [0.717, 1.165) is 12.1 Å². The molecule has 7 nitrogen and oxygen atoms in total. The summed E-state index contributed by atoms with van der Waals surface area (Å²) in [5.74, 6) is 0. The van der Waals surface area contributed by atoms with Gasteiger partial charge in [-0.3, -0.25) is 14.7 Å². The molecule has 0 saturated heterocycles. The first-order valence-corrected chi connectivity index (χ1v) is 6.90. The Morgan fingerprint density at radius 2 is 1.71 bits per heavy atom. The van der Waals surface area contributed by atoms with Gasteiger partial charge in [-0.15, -0.1) is 0 Å². The van der Waals surface area contributed by atoms with Crippen LogP contribution in [-0.4, -0.2) is 47.5 Å². The number of para-hydroxylation sites is 1. The van der Waals surface area contributed by atoms with E-state index in [1.165, 1.54) is 6.07 Å². The second-order valence-electron chi connectivity index (χ2n) is 3.90. The molecule has 1 radical (unpaired) electrons. The van der Waals surface area contributed by atoms with Crippen LogP contribution in [0.25, 0.3) is 0 Å². The summed E-state index contributed by atoms with van der Waals surface area (Å²) in [6, 6.07) is 11.8. The van der Waals surface area contributed by atoms with E-state index in [1.807, 2.05) is 0 Å². The van der Waals surface area contributed by atoms with Gasteiger partial charge in [-0.1, -0.05) is 18.2 Å². The molecule has 0 aliphatic carbocycles. The molecule has 0 heterocycles. The maximum Gasteiger partial charge on any atom is 0.296 e. The molecule has 9 heteroatoms. The maximum atomic E-state index is 11.3. The molecular formula is C12H10N2NaO5S. The van der Waals surface area contributed by atoms with Gasteiger partial charge in [-0.2, -0.15) is 8.42 Å². The van der Waals surface area contributed by atoms with E-state index < -0.39 is 25.6 Å². The largest absolute Gasteiger partial charge is 0.354 e. The molecular weight excluding hydrogens is 307 g/mol. The van der Waals surface area contributed by atoms with Gasteiger partial charge in [0.25, 0.3) is 15.8 Å². The Balaban J connectivity index is 0.00000220. The third kappa shape index (κ3) is 4.51. The summed E-state index contributed by atoms with van der Waals surface area (Å²) in [4.78, 5) is 9.38. The fraction of sp³-hybridized carbons (Fsp3) is 0. The number of hydrogen-bond acceptors (Lipinski definition) is 5. The first-order chi connectivity index (χ1) is 9.38. The zero-order valence-corrected chi connectivity index (χ0v) is 13.9. The zero-order valence-electron chi connectivity index (χ0n) is 11.1. The summed E-state index contributed by atoms with van der Waals surface area (Å²) >= 11 is 0. The molecule has 0 atom stereocenters. The molecule has 0 aliphatic heterocycles. The topological polar surface area (TPSA) is 110 Å². The van der Waals surface area contributed by atoms with Crippen LogP contribution >= 0.6 is 0 Å². The standard InChI is InChI=1S/C12H10N2O5S.Na/c15-14(16)10-6-7-11(12(8-10)20(17,18)19)13-9-4-2-1-3-5-9;/h1-8,13H,(H,17,18,19);. The van der Waals surface area contributed by atoms with E-state index in [4.69, 9.17) is 4.55 Å². The SMILES string of the molecule is O=[N+]([O-])c1ccc(Nc2ccccc2)c(S(=O)(=O)O)c1.[Na]. The Kier molecular flexibility index (Phi) is 5.87. The van der Waals surface area contributed by atoms with Gasteiger partial charge in [0.1, 0.15) is 4.90 Å². The predicted molar refractivity (Wildman–Crippen MR) is 78.4 cm³/mol. The van der Waals surface area contributed by atoms with E-state index in [0.29, 0.717) is 5.69 Å². The molecule has 0 bridgehead atoms. The van der Waals surface area contributed by atoms with Gasteiger partial charge in [0.15, 0.2) is 0 Å². The van der Waals surface area contributed by atoms with Crippen molar-refractivity contribution in [1.29, 1.82) is 0 Å². The molecule has 0 spiro atoms. The van der Waals surface area contributed by atoms with E-state index >= 15 is 0 Å². The molecule has 2 N–H and O–H groups in total. The van der Waals surface area contributed by atoms with Gasteiger partial charge in [0.05, 0.1) is 10.6 Å². The van der Waals surface area contributed by atoms with E-state index in [9.17, 15) is 18.5 Å². The van der Waals surface area contributed by atoms with Gasteiger partial charge in [-0.25, -0.2) is 0 Å². The molecule has 21 heavy (non-hydrogen) atoms. The van der Waals surface area contributed by atoms with Crippen LogP contribution in [0.3, 0.4) is 0 Å². The third-order valence-corrected chi connectivity index (χ3v) is 3.40. The third-order valence-electron chi connectivity index (χ3n) is 2.51. The van der Waals surface area contributed by atoms with Crippen molar-refractivity contribution in [2.75, 3.05) is 5.32 Å². The molecule has 105 valence electrons. The summed E-state index contributed by atoms with van der Waals surface area (Å²) in [7, 11) is -4.58. The first kappa shape index (κ1) is 17.6. The summed E-state index contributed by atoms with van der Waals surface area (Å²) in [5.41, 5.74) is 0.229. The number of nitro groups is 1. The number of non-ortho nitro benzene ring substituents is 1. The van der Waals surface area contributed by atoms with Crippen LogP contribution in [0, 0.1) is 10.1 Å². The van der Waals surface area contributed by atoms with Gasteiger partial charge in [0, 0.05) is 47.4 Å². The average molecular weight is 317 g/mol. The maximum absolute atomic E-state index is 11.3. The molecule has 0 saturated carbocycles. The minimum atomic E-state index is -4.58.